The second kappa shape index (κ2) is 6.17. The quantitative estimate of drug-likeness (QED) is 0.892. The number of hydrogen-bond donors (Lipinski definition) is 1. The Morgan fingerprint density at radius 3 is 3.00 bits per heavy atom. The lowest BCUT2D eigenvalue weighted by Gasteiger charge is -2.14. The van der Waals surface area contributed by atoms with Crippen LogP contribution in [0.3, 0.4) is 0 Å². The fraction of sp³-hybridized carbons (Fsp3) is 0.375. The second-order valence-electron chi connectivity index (χ2n) is 5.06. The SMILES string of the molecule is CNC(CCc1ccc2c(c1)CCO2)c1ccc(Cl)s1. The molecule has 0 saturated heterocycles. The van der Waals surface area contributed by atoms with Gasteiger partial charge < -0.3 is 10.1 Å². The first kappa shape index (κ1) is 13.9. The molecule has 0 fully saturated rings. The van der Waals surface area contributed by atoms with Crippen LogP contribution in [0.5, 0.6) is 5.75 Å². The fourth-order valence-corrected chi connectivity index (χ4v) is 3.86. The van der Waals surface area contributed by atoms with Crippen molar-refractivity contribution in [3.8, 4) is 5.75 Å². The van der Waals surface area contributed by atoms with E-state index in [1.165, 1.54) is 16.0 Å². The van der Waals surface area contributed by atoms with Crippen molar-refractivity contribution in [1.82, 2.24) is 5.32 Å². The highest BCUT2D eigenvalue weighted by molar-refractivity contribution is 7.16. The highest BCUT2D eigenvalue weighted by atomic mass is 35.5. The van der Waals surface area contributed by atoms with Crippen LogP contribution < -0.4 is 10.1 Å². The molecule has 1 aliphatic heterocycles. The Balaban J connectivity index is 1.66. The maximum absolute atomic E-state index is 6.02. The molecule has 0 bridgehead atoms. The summed E-state index contributed by atoms with van der Waals surface area (Å²) < 4.78 is 6.40. The summed E-state index contributed by atoms with van der Waals surface area (Å²) in [4.78, 5) is 1.31. The summed E-state index contributed by atoms with van der Waals surface area (Å²) >= 11 is 7.68. The van der Waals surface area contributed by atoms with Gasteiger partial charge in [-0.2, -0.15) is 0 Å². The van der Waals surface area contributed by atoms with E-state index in [4.69, 9.17) is 16.3 Å². The molecule has 0 aliphatic carbocycles. The van der Waals surface area contributed by atoms with Gasteiger partial charge in [0.25, 0.3) is 0 Å². The number of thiophene rings is 1. The van der Waals surface area contributed by atoms with Gasteiger partial charge >= 0.3 is 0 Å². The Labute approximate surface area is 128 Å². The van der Waals surface area contributed by atoms with Crippen LogP contribution in [-0.4, -0.2) is 13.7 Å². The third-order valence-electron chi connectivity index (χ3n) is 3.76. The van der Waals surface area contributed by atoms with Crippen LogP contribution in [0, 0.1) is 0 Å². The molecule has 1 aromatic heterocycles. The number of rotatable bonds is 5. The first-order valence-electron chi connectivity index (χ1n) is 6.93. The van der Waals surface area contributed by atoms with E-state index in [9.17, 15) is 0 Å². The van der Waals surface area contributed by atoms with Gasteiger partial charge in [0.2, 0.25) is 0 Å². The molecule has 3 rings (SSSR count). The summed E-state index contributed by atoms with van der Waals surface area (Å²) in [6, 6.07) is 11.0. The van der Waals surface area contributed by atoms with Gasteiger partial charge in [0.1, 0.15) is 5.75 Å². The first-order valence-corrected chi connectivity index (χ1v) is 8.13. The third-order valence-corrected chi connectivity index (χ3v) is 5.11. The fourth-order valence-electron chi connectivity index (χ4n) is 2.65. The van der Waals surface area contributed by atoms with Crippen molar-refractivity contribution in [3.05, 3.63) is 50.7 Å². The monoisotopic (exact) mass is 307 g/mol. The molecule has 1 aromatic carbocycles. The summed E-state index contributed by atoms with van der Waals surface area (Å²) in [5.41, 5.74) is 2.74. The maximum atomic E-state index is 6.02. The van der Waals surface area contributed by atoms with Crippen LogP contribution >= 0.6 is 22.9 Å². The van der Waals surface area contributed by atoms with E-state index < -0.39 is 0 Å². The maximum Gasteiger partial charge on any atom is 0.122 e. The molecule has 1 unspecified atom stereocenters. The highest BCUT2D eigenvalue weighted by Crippen LogP contribution is 2.30. The van der Waals surface area contributed by atoms with Crippen molar-refractivity contribution in [1.29, 1.82) is 0 Å². The summed E-state index contributed by atoms with van der Waals surface area (Å²) in [7, 11) is 2.01. The molecule has 0 saturated carbocycles. The number of hydrogen-bond acceptors (Lipinski definition) is 3. The van der Waals surface area contributed by atoms with Gasteiger partial charge in [0.15, 0.2) is 0 Å². The molecule has 2 aromatic rings. The topological polar surface area (TPSA) is 21.3 Å². The van der Waals surface area contributed by atoms with Crippen LogP contribution in [0.2, 0.25) is 4.34 Å². The van der Waals surface area contributed by atoms with E-state index in [-0.39, 0.29) is 0 Å². The zero-order valence-electron chi connectivity index (χ0n) is 11.5. The van der Waals surface area contributed by atoms with Crippen LogP contribution in [0.4, 0.5) is 0 Å². The summed E-state index contributed by atoms with van der Waals surface area (Å²) in [5, 5.41) is 3.38. The lowest BCUT2D eigenvalue weighted by atomic mass is 10.0. The highest BCUT2D eigenvalue weighted by Gasteiger charge is 2.14. The van der Waals surface area contributed by atoms with E-state index in [1.807, 2.05) is 13.1 Å². The molecule has 0 spiro atoms. The van der Waals surface area contributed by atoms with E-state index in [1.54, 1.807) is 11.3 Å². The van der Waals surface area contributed by atoms with Crippen molar-refractivity contribution in [2.24, 2.45) is 0 Å². The van der Waals surface area contributed by atoms with Crippen LogP contribution in [0.1, 0.15) is 28.5 Å². The van der Waals surface area contributed by atoms with Crippen molar-refractivity contribution >= 4 is 22.9 Å². The van der Waals surface area contributed by atoms with Gasteiger partial charge in [-0.15, -0.1) is 11.3 Å². The molecule has 1 atom stereocenters. The average Bonchev–Trinajstić information content (AvgIpc) is 3.08. The predicted octanol–water partition coefficient (Wildman–Crippen LogP) is 4.23. The normalized spacial score (nSPS) is 14.9. The molecular formula is C16H18ClNOS. The largest absolute Gasteiger partial charge is 0.493 e. The number of ether oxygens (including phenoxy) is 1. The molecule has 0 radical (unpaired) electrons. The van der Waals surface area contributed by atoms with E-state index in [0.29, 0.717) is 6.04 Å². The van der Waals surface area contributed by atoms with E-state index >= 15 is 0 Å². The summed E-state index contributed by atoms with van der Waals surface area (Å²) in [5.74, 6) is 1.06. The average molecular weight is 308 g/mol. The lowest BCUT2D eigenvalue weighted by molar-refractivity contribution is 0.357. The van der Waals surface area contributed by atoms with Crippen LogP contribution in [-0.2, 0) is 12.8 Å². The third kappa shape index (κ3) is 3.00. The van der Waals surface area contributed by atoms with Crippen LogP contribution in [0.25, 0.3) is 0 Å². The van der Waals surface area contributed by atoms with Gasteiger partial charge in [0.05, 0.1) is 10.9 Å². The minimum Gasteiger partial charge on any atom is -0.493 e. The van der Waals surface area contributed by atoms with Gasteiger partial charge in [-0.1, -0.05) is 23.7 Å². The Morgan fingerprint density at radius 2 is 2.25 bits per heavy atom. The smallest absolute Gasteiger partial charge is 0.122 e. The van der Waals surface area contributed by atoms with Gasteiger partial charge in [-0.25, -0.2) is 0 Å². The lowest BCUT2D eigenvalue weighted by Crippen LogP contribution is -2.15. The van der Waals surface area contributed by atoms with Gasteiger partial charge in [0, 0.05) is 17.3 Å². The molecular weight excluding hydrogens is 290 g/mol. The molecule has 0 amide bonds. The van der Waals surface area contributed by atoms with Crippen molar-refractivity contribution in [2.45, 2.75) is 25.3 Å². The molecule has 1 aliphatic rings. The zero-order chi connectivity index (χ0) is 13.9. The van der Waals surface area contributed by atoms with Crippen molar-refractivity contribution < 1.29 is 4.74 Å². The number of benzene rings is 1. The number of nitrogens with one attached hydrogen (secondary N) is 1. The molecule has 2 heterocycles. The second-order valence-corrected chi connectivity index (χ2v) is 6.81. The summed E-state index contributed by atoms with van der Waals surface area (Å²) in [6.07, 6.45) is 3.18. The Hall–Kier alpha value is -1.03. The Morgan fingerprint density at radius 1 is 1.35 bits per heavy atom. The molecule has 4 heteroatoms. The van der Waals surface area contributed by atoms with Crippen LogP contribution in [0.15, 0.2) is 30.3 Å². The molecule has 1 N–H and O–H groups in total. The zero-order valence-corrected chi connectivity index (χ0v) is 13.1. The molecule has 2 nitrogen and oxygen atoms in total. The minimum atomic E-state index is 0.372. The number of aryl methyl sites for hydroxylation is 1. The van der Waals surface area contributed by atoms with Gasteiger partial charge in [-0.05, 0) is 49.2 Å². The van der Waals surface area contributed by atoms with Gasteiger partial charge in [-0.3, -0.25) is 0 Å². The van der Waals surface area contributed by atoms with Crippen molar-refractivity contribution in [3.63, 3.8) is 0 Å². The standard InChI is InChI=1S/C16H18ClNOS/c1-18-13(15-6-7-16(17)20-15)4-2-11-3-5-14-12(10-11)8-9-19-14/h3,5-7,10,13,18H,2,4,8-9H2,1H3. The minimum absolute atomic E-state index is 0.372. The number of fused-ring (bicyclic) bond motifs is 1. The Bertz CT molecular complexity index is 596. The predicted molar refractivity (Wildman–Crippen MR) is 85.1 cm³/mol. The van der Waals surface area contributed by atoms with E-state index in [0.717, 1.165) is 36.0 Å². The molecule has 106 valence electrons. The molecule has 20 heavy (non-hydrogen) atoms. The first-order chi connectivity index (χ1) is 9.76. The summed E-state index contributed by atoms with van der Waals surface area (Å²) in [6.45, 7) is 0.825. The Kier molecular flexibility index (Phi) is 4.29. The van der Waals surface area contributed by atoms with E-state index in [2.05, 4.69) is 29.6 Å². The van der Waals surface area contributed by atoms with Crippen molar-refractivity contribution in [2.75, 3.05) is 13.7 Å². The number of halogens is 1.